The smallest absolute Gasteiger partial charge is 0.159 e. The Hall–Kier alpha value is -2.79. The molecule has 0 radical (unpaired) electrons. The number of aromatic nitrogens is 1. The number of hydrogen-bond acceptors (Lipinski definition) is 1. The SMILES string of the molecule is CCCC#Cc1c(-c2ccc(C(C)=O)cc2)ccc2[nH]ccc12. The lowest BCUT2D eigenvalue weighted by molar-refractivity contribution is 0.101. The van der Waals surface area contributed by atoms with Gasteiger partial charge in [0, 0.05) is 34.6 Å². The second-order valence-electron chi connectivity index (χ2n) is 5.61. The van der Waals surface area contributed by atoms with Crippen LogP contribution in [-0.2, 0) is 0 Å². The number of H-pyrrole nitrogens is 1. The summed E-state index contributed by atoms with van der Waals surface area (Å²) in [5.74, 6) is 6.68. The van der Waals surface area contributed by atoms with E-state index in [-0.39, 0.29) is 5.78 Å². The molecule has 0 aliphatic carbocycles. The summed E-state index contributed by atoms with van der Waals surface area (Å²) in [4.78, 5) is 14.7. The predicted molar refractivity (Wildman–Crippen MR) is 95.5 cm³/mol. The maximum absolute atomic E-state index is 11.4. The molecule has 0 aliphatic heterocycles. The van der Waals surface area contributed by atoms with Crippen molar-refractivity contribution in [3.05, 3.63) is 59.8 Å². The van der Waals surface area contributed by atoms with E-state index in [4.69, 9.17) is 0 Å². The van der Waals surface area contributed by atoms with E-state index in [9.17, 15) is 4.79 Å². The first-order valence-corrected chi connectivity index (χ1v) is 7.91. The molecule has 1 aromatic heterocycles. The molecule has 0 spiro atoms. The standard InChI is InChI=1S/C21H19NO/c1-3-4-5-6-19-18(11-12-21-20(19)13-14-22-21)17-9-7-16(8-10-17)15(2)23/h7-14,22H,3-4H2,1-2H3. The number of Topliss-reactive ketones (excluding diaryl/α,β-unsaturated/α-hetero) is 1. The second-order valence-corrected chi connectivity index (χ2v) is 5.61. The van der Waals surface area contributed by atoms with Gasteiger partial charge in [0.2, 0.25) is 0 Å². The molecule has 0 fully saturated rings. The van der Waals surface area contributed by atoms with Gasteiger partial charge < -0.3 is 4.98 Å². The first-order valence-electron chi connectivity index (χ1n) is 7.91. The predicted octanol–water partition coefficient (Wildman–Crippen LogP) is 5.19. The van der Waals surface area contributed by atoms with Crippen molar-refractivity contribution < 1.29 is 4.79 Å². The highest BCUT2D eigenvalue weighted by Gasteiger charge is 2.09. The van der Waals surface area contributed by atoms with Crippen LogP contribution >= 0.6 is 0 Å². The van der Waals surface area contributed by atoms with Crippen molar-refractivity contribution in [1.29, 1.82) is 0 Å². The number of hydrogen-bond donors (Lipinski definition) is 1. The lowest BCUT2D eigenvalue weighted by atomic mass is 9.95. The van der Waals surface area contributed by atoms with Crippen LogP contribution in [0.3, 0.4) is 0 Å². The number of nitrogens with one attached hydrogen (secondary N) is 1. The molecule has 2 aromatic carbocycles. The van der Waals surface area contributed by atoms with Crippen LogP contribution in [0.25, 0.3) is 22.0 Å². The van der Waals surface area contributed by atoms with Crippen molar-refractivity contribution in [1.82, 2.24) is 4.98 Å². The van der Waals surface area contributed by atoms with Crippen LogP contribution in [0.1, 0.15) is 42.6 Å². The van der Waals surface area contributed by atoms with E-state index in [0.29, 0.717) is 0 Å². The largest absolute Gasteiger partial charge is 0.361 e. The zero-order valence-corrected chi connectivity index (χ0v) is 13.4. The normalized spacial score (nSPS) is 10.3. The highest BCUT2D eigenvalue weighted by atomic mass is 16.1. The third kappa shape index (κ3) is 3.05. The zero-order valence-electron chi connectivity index (χ0n) is 13.4. The molecule has 0 saturated carbocycles. The van der Waals surface area contributed by atoms with Gasteiger partial charge in [0.05, 0.1) is 0 Å². The summed E-state index contributed by atoms with van der Waals surface area (Å²) in [6.45, 7) is 3.72. The number of fused-ring (bicyclic) bond motifs is 1. The lowest BCUT2D eigenvalue weighted by Crippen LogP contribution is -1.92. The van der Waals surface area contributed by atoms with Crippen LogP contribution in [0.2, 0.25) is 0 Å². The summed E-state index contributed by atoms with van der Waals surface area (Å²) in [6, 6.07) is 14.0. The fourth-order valence-electron chi connectivity index (χ4n) is 2.67. The molecule has 23 heavy (non-hydrogen) atoms. The minimum Gasteiger partial charge on any atom is -0.361 e. The van der Waals surface area contributed by atoms with Crippen molar-refractivity contribution in [2.75, 3.05) is 0 Å². The Balaban J connectivity index is 2.14. The summed E-state index contributed by atoms with van der Waals surface area (Å²) >= 11 is 0. The fourth-order valence-corrected chi connectivity index (χ4v) is 2.67. The Morgan fingerprint density at radius 3 is 2.57 bits per heavy atom. The Morgan fingerprint density at radius 1 is 1.09 bits per heavy atom. The van der Waals surface area contributed by atoms with Crippen molar-refractivity contribution in [3.63, 3.8) is 0 Å². The average Bonchev–Trinajstić information content (AvgIpc) is 3.04. The summed E-state index contributed by atoms with van der Waals surface area (Å²) in [5, 5.41) is 1.14. The van der Waals surface area contributed by atoms with Gasteiger partial charge in [-0.25, -0.2) is 0 Å². The topological polar surface area (TPSA) is 32.9 Å². The number of rotatable bonds is 3. The molecule has 2 heteroatoms. The molecular weight excluding hydrogens is 282 g/mol. The Kier molecular flexibility index (Phi) is 4.30. The van der Waals surface area contributed by atoms with Crippen LogP contribution in [0.5, 0.6) is 0 Å². The third-order valence-electron chi connectivity index (χ3n) is 3.93. The van der Waals surface area contributed by atoms with Gasteiger partial charge in [-0.2, -0.15) is 0 Å². The lowest BCUT2D eigenvalue weighted by Gasteiger charge is -2.07. The molecule has 0 amide bonds. The molecule has 1 N–H and O–H groups in total. The van der Waals surface area contributed by atoms with Gasteiger partial charge in [-0.1, -0.05) is 49.1 Å². The third-order valence-corrected chi connectivity index (χ3v) is 3.93. The van der Waals surface area contributed by atoms with Crippen molar-refractivity contribution in [2.24, 2.45) is 0 Å². The molecule has 3 aromatic rings. The van der Waals surface area contributed by atoms with Gasteiger partial charge in [-0.15, -0.1) is 0 Å². The van der Waals surface area contributed by atoms with Crippen LogP contribution in [-0.4, -0.2) is 10.8 Å². The molecule has 1 heterocycles. The maximum atomic E-state index is 11.4. The number of ketones is 1. The number of aromatic amines is 1. The highest BCUT2D eigenvalue weighted by Crippen LogP contribution is 2.29. The summed E-state index contributed by atoms with van der Waals surface area (Å²) in [7, 11) is 0. The fraction of sp³-hybridized carbons (Fsp3) is 0.190. The second kappa shape index (κ2) is 6.54. The van der Waals surface area contributed by atoms with Gasteiger partial charge in [0.1, 0.15) is 0 Å². The van der Waals surface area contributed by atoms with Crippen LogP contribution in [0, 0.1) is 11.8 Å². The molecule has 0 bridgehead atoms. The number of carbonyl (C=O) groups excluding carboxylic acids is 1. The summed E-state index contributed by atoms with van der Waals surface area (Å²) < 4.78 is 0. The van der Waals surface area contributed by atoms with Gasteiger partial charge >= 0.3 is 0 Å². The van der Waals surface area contributed by atoms with E-state index < -0.39 is 0 Å². The Labute approximate surface area is 136 Å². The minimum atomic E-state index is 0.0839. The Bertz CT molecular complexity index is 904. The molecule has 0 unspecified atom stereocenters. The molecule has 0 aliphatic rings. The van der Waals surface area contributed by atoms with E-state index in [1.807, 2.05) is 30.5 Å². The van der Waals surface area contributed by atoms with Crippen LogP contribution in [0.4, 0.5) is 0 Å². The van der Waals surface area contributed by atoms with Crippen LogP contribution in [0.15, 0.2) is 48.7 Å². The van der Waals surface area contributed by atoms with Crippen LogP contribution < -0.4 is 0 Å². The summed E-state index contributed by atoms with van der Waals surface area (Å²) in [5.41, 5.74) is 5.06. The van der Waals surface area contributed by atoms with Gasteiger partial charge in [0.15, 0.2) is 5.78 Å². The number of unbranched alkanes of at least 4 members (excludes halogenated alkanes) is 1. The quantitative estimate of drug-likeness (QED) is 0.524. The van der Waals surface area contributed by atoms with E-state index in [1.165, 1.54) is 0 Å². The highest BCUT2D eigenvalue weighted by molar-refractivity contribution is 5.96. The molecular formula is C21H19NO. The van der Waals surface area contributed by atoms with E-state index in [2.05, 4.69) is 41.9 Å². The van der Waals surface area contributed by atoms with E-state index in [1.54, 1.807) is 6.92 Å². The maximum Gasteiger partial charge on any atom is 0.159 e. The molecule has 2 nitrogen and oxygen atoms in total. The molecule has 0 saturated heterocycles. The van der Waals surface area contributed by atoms with Crippen molar-refractivity contribution in [2.45, 2.75) is 26.7 Å². The van der Waals surface area contributed by atoms with Gasteiger partial charge in [0.25, 0.3) is 0 Å². The molecule has 0 atom stereocenters. The first kappa shape index (κ1) is 15.1. The number of benzene rings is 2. The van der Waals surface area contributed by atoms with Crippen molar-refractivity contribution in [3.8, 4) is 23.0 Å². The average molecular weight is 301 g/mol. The summed E-state index contributed by atoms with van der Waals surface area (Å²) in [6.07, 6.45) is 3.89. The van der Waals surface area contributed by atoms with E-state index >= 15 is 0 Å². The number of carbonyl (C=O) groups is 1. The first-order chi connectivity index (χ1) is 11.2. The van der Waals surface area contributed by atoms with Crippen molar-refractivity contribution >= 4 is 16.7 Å². The van der Waals surface area contributed by atoms with E-state index in [0.717, 1.165) is 46.0 Å². The molecule has 3 rings (SSSR count). The van der Waals surface area contributed by atoms with Gasteiger partial charge in [-0.05, 0) is 36.6 Å². The minimum absolute atomic E-state index is 0.0839. The van der Waals surface area contributed by atoms with Gasteiger partial charge in [-0.3, -0.25) is 4.79 Å². The Morgan fingerprint density at radius 2 is 1.87 bits per heavy atom. The zero-order chi connectivity index (χ0) is 16.2. The monoisotopic (exact) mass is 301 g/mol. The molecule has 114 valence electrons.